The molecule has 1 saturated heterocycles. The molecule has 0 radical (unpaired) electrons. The van der Waals surface area contributed by atoms with Crippen LogP contribution >= 0.6 is 0 Å². The molecular weight excluding hydrogens is 681 g/mol. The molecule has 1 aliphatic heterocycles. The highest BCUT2D eigenvalue weighted by Gasteiger charge is 2.40. The van der Waals surface area contributed by atoms with Gasteiger partial charge in [0.15, 0.2) is 5.65 Å². The van der Waals surface area contributed by atoms with Crippen LogP contribution in [0, 0.1) is 5.41 Å². The molecule has 4 aromatic rings. The molecule has 7 rings (SSSR count). The second-order valence-corrected chi connectivity index (χ2v) is 14.2. The lowest BCUT2D eigenvalue weighted by atomic mass is 9.86. The van der Waals surface area contributed by atoms with E-state index in [0.29, 0.717) is 56.7 Å². The highest BCUT2D eigenvalue weighted by atomic mass is 19.4. The summed E-state index contributed by atoms with van der Waals surface area (Å²) in [4.78, 5) is 49.2. The van der Waals surface area contributed by atoms with E-state index < -0.39 is 23.6 Å². The monoisotopic (exact) mass is 722 g/mol. The van der Waals surface area contributed by atoms with E-state index in [-0.39, 0.29) is 58.3 Å². The molecule has 3 fully saturated rings. The number of alkyl halides is 3. The highest BCUT2D eigenvalue weighted by Crippen LogP contribution is 2.46. The first-order chi connectivity index (χ1) is 24.9. The number of rotatable bonds is 13. The molecule has 16 heteroatoms. The van der Waals surface area contributed by atoms with Crippen LogP contribution in [0.5, 0.6) is 0 Å². The number of nitrogens with zero attached hydrogens (tertiary/aromatic N) is 6. The number of methoxy groups -OCH3 is 1. The number of fused-ring (bicyclic) bond motifs is 1. The molecule has 1 amide bonds. The molecule has 0 unspecified atom stereocenters. The lowest BCUT2D eigenvalue weighted by Crippen LogP contribution is -2.37. The van der Waals surface area contributed by atoms with E-state index in [1.54, 1.807) is 31.5 Å². The number of carboxylic acids is 1. The number of hydrogen-bond acceptors (Lipinski definition) is 10. The number of imidazole rings is 1. The van der Waals surface area contributed by atoms with Gasteiger partial charge in [0, 0.05) is 56.9 Å². The van der Waals surface area contributed by atoms with Crippen LogP contribution in [0.25, 0.3) is 22.4 Å². The number of amides is 1. The van der Waals surface area contributed by atoms with E-state index in [4.69, 9.17) is 14.6 Å². The van der Waals surface area contributed by atoms with Gasteiger partial charge in [-0.2, -0.15) is 18.2 Å². The minimum atomic E-state index is -4.57. The molecule has 4 aromatic heterocycles. The zero-order valence-corrected chi connectivity index (χ0v) is 29.0. The third-order valence-corrected chi connectivity index (χ3v) is 10.2. The van der Waals surface area contributed by atoms with Crippen molar-refractivity contribution < 1.29 is 37.3 Å². The van der Waals surface area contributed by atoms with E-state index in [0.717, 1.165) is 37.4 Å². The summed E-state index contributed by atoms with van der Waals surface area (Å²) >= 11 is 0. The van der Waals surface area contributed by atoms with Gasteiger partial charge in [-0.25, -0.2) is 14.8 Å². The molecular formula is C36H41F3N8O5. The molecule has 3 N–H and O–H groups in total. The summed E-state index contributed by atoms with van der Waals surface area (Å²) in [5.74, 6) is -1.63. The largest absolute Gasteiger partial charge is 0.480 e. The van der Waals surface area contributed by atoms with Crippen LogP contribution < -0.4 is 15.1 Å². The number of nitrogens with one attached hydrogen (secondary N) is 2. The molecule has 0 bridgehead atoms. The van der Waals surface area contributed by atoms with Gasteiger partial charge in [-0.3, -0.25) is 15.1 Å². The lowest BCUT2D eigenvalue weighted by Gasteiger charge is -2.34. The van der Waals surface area contributed by atoms with Gasteiger partial charge in [-0.15, -0.1) is 0 Å². The Balaban J connectivity index is 1.17. The van der Waals surface area contributed by atoms with Crippen LogP contribution in [-0.2, 0) is 20.4 Å². The lowest BCUT2D eigenvalue weighted by molar-refractivity contribution is -0.144. The van der Waals surface area contributed by atoms with Crippen LogP contribution in [0.3, 0.4) is 0 Å². The van der Waals surface area contributed by atoms with E-state index in [1.807, 2.05) is 16.8 Å². The fourth-order valence-electron chi connectivity index (χ4n) is 7.54. The Morgan fingerprint density at radius 3 is 2.58 bits per heavy atom. The number of hydrogen-bond donors (Lipinski definition) is 3. The Hall–Kier alpha value is -4.83. The topological polar surface area (TPSA) is 159 Å². The van der Waals surface area contributed by atoms with Crippen molar-refractivity contribution in [1.82, 2.24) is 24.9 Å². The van der Waals surface area contributed by atoms with Crippen LogP contribution in [-0.4, -0.2) is 95.0 Å². The minimum absolute atomic E-state index is 0.0678. The smallest absolute Gasteiger partial charge is 0.418 e. The standard InChI is InChI=1S/C36H41F3N8O5/c1-46(19-35(20-51-2)10-3-4-11-35)28-14-27(22-13-25(36(37,38)39)30(41-15-22)21-5-6-21)42-32-31(28)43-34(44-32)45-33(50)26-8-7-23(16-40-26)47-12-9-24(17-47)52-18-29(48)49/h7-8,13-16,21,24H,3-6,9-12,17-20H2,1-2H3,(H,48,49)(H2,42,43,44,45,50)/t24-/m1/s1. The SMILES string of the molecule is COCC1(CN(C)c2cc(-c3cnc(C4CC4)c(C(F)(F)F)c3)nc3nc(NC(=O)c4ccc(N5CC[C@@H](OCC(=O)O)C5)cn4)[nH]c23)CCCC1. The van der Waals surface area contributed by atoms with Gasteiger partial charge in [0.2, 0.25) is 5.95 Å². The maximum absolute atomic E-state index is 14.2. The van der Waals surface area contributed by atoms with Crippen molar-refractivity contribution in [3.63, 3.8) is 0 Å². The Bertz CT molecular complexity index is 1940. The zero-order valence-electron chi connectivity index (χ0n) is 29.0. The van der Waals surface area contributed by atoms with Gasteiger partial charge in [0.1, 0.15) is 17.8 Å². The Kier molecular flexibility index (Phi) is 9.78. The molecule has 2 aliphatic carbocycles. The number of halogens is 3. The van der Waals surface area contributed by atoms with Crippen molar-refractivity contribution in [2.45, 2.75) is 63.1 Å². The Morgan fingerprint density at radius 2 is 1.90 bits per heavy atom. The molecule has 5 heterocycles. The van der Waals surface area contributed by atoms with Crippen LogP contribution in [0.15, 0.2) is 36.7 Å². The number of carboxylic acid groups (broad SMARTS) is 1. The number of anilines is 3. The van der Waals surface area contributed by atoms with Crippen molar-refractivity contribution in [1.29, 1.82) is 0 Å². The summed E-state index contributed by atoms with van der Waals surface area (Å²) < 4.78 is 53.6. The summed E-state index contributed by atoms with van der Waals surface area (Å²) in [6.07, 6.45) is 4.43. The van der Waals surface area contributed by atoms with Crippen molar-refractivity contribution in [2.24, 2.45) is 5.41 Å². The first kappa shape index (κ1) is 35.6. The van der Waals surface area contributed by atoms with E-state index in [2.05, 4.69) is 30.2 Å². The number of pyridine rings is 3. The second kappa shape index (κ2) is 14.3. The van der Waals surface area contributed by atoms with Crippen LogP contribution in [0.2, 0.25) is 0 Å². The molecule has 276 valence electrons. The second-order valence-electron chi connectivity index (χ2n) is 14.2. The van der Waals surface area contributed by atoms with Crippen LogP contribution in [0.1, 0.15) is 72.6 Å². The highest BCUT2D eigenvalue weighted by molar-refractivity contribution is 6.03. The number of carbonyl (C=O) groups excluding carboxylic acids is 1. The molecule has 13 nitrogen and oxygen atoms in total. The van der Waals surface area contributed by atoms with Gasteiger partial charge >= 0.3 is 12.1 Å². The van der Waals surface area contributed by atoms with Gasteiger partial charge in [0.05, 0.1) is 47.2 Å². The van der Waals surface area contributed by atoms with Gasteiger partial charge in [-0.05, 0) is 56.4 Å². The number of aromatic amines is 1. The van der Waals surface area contributed by atoms with Crippen molar-refractivity contribution in [3.05, 3.63) is 53.6 Å². The summed E-state index contributed by atoms with van der Waals surface area (Å²) in [7, 11) is 3.61. The average molecular weight is 723 g/mol. The fraction of sp³-hybridized carbons (Fsp3) is 0.500. The number of aromatic nitrogens is 5. The molecule has 1 atom stereocenters. The first-order valence-corrected chi connectivity index (χ1v) is 17.5. The van der Waals surface area contributed by atoms with Gasteiger partial charge in [-0.1, -0.05) is 12.8 Å². The summed E-state index contributed by atoms with van der Waals surface area (Å²) in [6.45, 7) is 2.02. The molecule has 52 heavy (non-hydrogen) atoms. The minimum Gasteiger partial charge on any atom is -0.480 e. The fourth-order valence-corrected chi connectivity index (χ4v) is 7.54. The van der Waals surface area contributed by atoms with Gasteiger partial charge < -0.3 is 29.4 Å². The molecule has 3 aliphatic rings. The molecule has 0 aromatic carbocycles. The third-order valence-electron chi connectivity index (χ3n) is 10.2. The summed E-state index contributed by atoms with van der Waals surface area (Å²) in [5.41, 5.74) is 2.03. The average Bonchev–Trinajstić information content (AvgIpc) is 3.46. The van der Waals surface area contributed by atoms with Crippen LogP contribution in [0.4, 0.5) is 30.5 Å². The van der Waals surface area contributed by atoms with E-state index in [9.17, 15) is 22.8 Å². The maximum atomic E-state index is 14.2. The Labute approximate surface area is 298 Å². The third kappa shape index (κ3) is 7.67. The van der Waals surface area contributed by atoms with E-state index in [1.165, 1.54) is 6.20 Å². The summed E-state index contributed by atoms with van der Waals surface area (Å²) in [5, 5.41) is 11.6. The number of ether oxygens (including phenoxy) is 2. The first-order valence-electron chi connectivity index (χ1n) is 17.5. The van der Waals surface area contributed by atoms with E-state index >= 15 is 0 Å². The molecule has 0 spiro atoms. The number of H-pyrrole nitrogens is 1. The maximum Gasteiger partial charge on any atom is 0.418 e. The predicted octanol–water partition coefficient (Wildman–Crippen LogP) is 5.89. The molecule has 2 saturated carbocycles. The summed E-state index contributed by atoms with van der Waals surface area (Å²) in [6, 6.07) is 6.21. The number of carbonyl (C=O) groups is 2. The normalized spacial score (nSPS) is 18.6. The Morgan fingerprint density at radius 1 is 1.12 bits per heavy atom. The number of aliphatic carboxylic acids is 1. The van der Waals surface area contributed by atoms with Gasteiger partial charge in [0.25, 0.3) is 5.91 Å². The quantitative estimate of drug-likeness (QED) is 0.151. The van der Waals surface area contributed by atoms with Crippen molar-refractivity contribution >= 4 is 40.4 Å². The zero-order chi connectivity index (χ0) is 36.6. The predicted molar refractivity (Wildman–Crippen MR) is 187 cm³/mol. The van der Waals surface area contributed by atoms with Crippen molar-refractivity contribution in [3.8, 4) is 11.3 Å². The van der Waals surface area contributed by atoms with Crippen molar-refractivity contribution in [2.75, 3.05) is 62.1 Å².